The Morgan fingerprint density at radius 1 is 1.37 bits per heavy atom. The predicted molar refractivity (Wildman–Crippen MR) is 77.4 cm³/mol. The average molecular weight is 251 g/mol. The van der Waals surface area contributed by atoms with Crippen LogP contribution in [0.3, 0.4) is 0 Å². The van der Waals surface area contributed by atoms with E-state index in [1.54, 1.807) is 10.5 Å². The molecule has 0 spiro atoms. The highest BCUT2D eigenvalue weighted by Gasteiger charge is 2.08. The fraction of sp³-hybridized carbons (Fsp3) is 0.0667. The van der Waals surface area contributed by atoms with Crippen LogP contribution in [0.1, 0.15) is 6.92 Å². The van der Waals surface area contributed by atoms with E-state index in [4.69, 9.17) is 0 Å². The summed E-state index contributed by atoms with van der Waals surface area (Å²) in [4.78, 5) is 19.6. The number of benzene rings is 1. The van der Waals surface area contributed by atoms with E-state index in [9.17, 15) is 4.79 Å². The number of nitrogens with zero attached hydrogens (tertiary/aromatic N) is 2. The van der Waals surface area contributed by atoms with Crippen LogP contribution in [0.4, 0.5) is 0 Å². The number of aromatic nitrogens is 3. The van der Waals surface area contributed by atoms with Crippen molar-refractivity contribution in [1.82, 2.24) is 14.4 Å². The molecule has 2 aromatic heterocycles. The number of imidazole rings is 1. The average Bonchev–Trinajstić information content (AvgIpc) is 2.81. The minimum absolute atomic E-state index is 0.182. The number of allylic oxidation sites excluding steroid dienone is 1. The molecule has 1 N–H and O–H groups in total. The molecule has 3 rings (SSSR count). The Morgan fingerprint density at radius 3 is 2.89 bits per heavy atom. The van der Waals surface area contributed by atoms with Gasteiger partial charge in [-0.3, -0.25) is 0 Å². The van der Waals surface area contributed by atoms with E-state index in [2.05, 4.69) is 16.5 Å². The zero-order valence-electron chi connectivity index (χ0n) is 10.6. The van der Waals surface area contributed by atoms with Crippen molar-refractivity contribution in [2.24, 2.45) is 0 Å². The lowest BCUT2D eigenvalue weighted by Crippen LogP contribution is -2.38. The van der Waals surface area contributed by atoms with E-state index >= 15 is 0 Å². The van der Waals surface area contributed by atoms with E-state index in [0.29, 0.717) is 5.65 Å². The molecule has 19 heavy (non-hydrogen) atoms. The third kappa shape index (κ3) is 1.61. The molecule has 4 nitrogen and oxygen atoms in total. The number of H-pyrrole nitrogens is 1. The molecule has 0 unspecified atom stereocenters. The molecular formula is C15H13N3O. The van der Waals surface area contributed by atoms with Crippen molar-refractivity contribution >= 4 is 28.8 Å². The SMILES string of the molecule is C=C/C=c1\c(=C/C)[nH]c(=O)n2c1nc1ccccc12. The second-order valence-corrected chi connectivity index (χ2v) is 4.21. The van der Waals surface area contributed by atoms with Crippen molar-refractivity contribution in [1.29, 1.82) is 0 Å². The van der Waals surface area contributed by atoms with Crippen molar-refractivity contribution in [3.8, 4) is 0 Å². The van der Waals surface area contributed by atoms with Crippen LogP contribution in [-0.4, -0.2) is 14.4 Å². The molecule has 0 bridgehead atoms. The first-order valence-electron chi connectivity index (χ1n) is 6.05. The minimum Gasteiger partial charge on any atom is -0.307 e. The van der Waals surface area contributed by atoms with E-state index in [-0.39, 0.29) is 5.69 Å². The summed E-state index contributed by atoms with van der Waals surface area (Å²) in [5, 5.41) is 1.63. The second kappa shape index (κ2) is 4.24. The first-order valence-corrected chi connectivity index (χ1v) is 6.05. The quantitative estimate of drug-likeness (QED) is 0.700. The highest BCUT2D eigenvalue weighted by Crippen LogP contribution is 2.10. The van der Waals surface area contributed by atoms with Gasteiger partial charge < -0.3 is 4.98 Å². The molecule has 3 aromatic rings. The van der Waals surface area contributed by atoms with Crippen LogP contribution < -0.4 is 16.3 Å². The first kappa shape index (κ1) is 11.5. The first-order chi connectivity index (χ1) is 9.26. The molecule has 0 amide bonds. The Bertz CT molecular complexity index is 961. The molecule has 4 heteroatoms. The smallest absolute Gasteiger partial charge is 0.307 e. The standard InChI is InChI=1S/C15H13N3O/c1-3-7-10-11(4-2)17-15(19)18-13-9-6-5-8-12(13)16-14(10)18/h3-9H,1H2,2H3,(H,17,19)/b10-7+,11-4+. The Balaban J connectivity index is 2.75. The minimum atomic E-state index is -0.182. The highest BCUT2D eigenvalue weighted by molar-refractivity contribution is 5.80. The highest BCUT2D eigenvalue weighted by atomic mass is 16.1. The Labute approximate surface area is 109 Å². The van der Waals surface area contributed by atoms with Crippen LogP contribution in [0.25, 0.3) is 28.8 Å². The van der Waals surface area contributed by atoms with Gasteiger partial charge >= 0.3 is 5.69 Å². The molecule has 0 radical (unpaired) electrons. The van der Waals surface area contributed by atoms with Gasteiger partial charge in [0.05, 0.1) is 11.0 Å². The molecule has 0 fully saturated rings. The third-order valence-electron chi connectivity index (χ3n) is 3.11. The summed E-state index contributed by atoms with van der Waals surface area (Å²) in [6.45, 7) is 5.60. The van der Waals surface area contributed by atoms with Crippen LogP contribution in [0.2, 0.25) is 0 Å². The summed E-state index contributed by atoms with van der Waals surface area (Å²) < 4.78 is 1.59. The van der Waals surface area contributed by atoms with Gasteiger partial charge in [-0.25, -0.2) is 14.2 Å². The summed E-state index contributed by atoms with van der Waals surface area (Å²) >= 11 is 0. The largest absolute Gasteiger partial charge is 0.332 e. The zero-order valence-corrected chi connectivity index (χ0v) is 10.6. The number of para-hydroxylation sites is 2. The van der Waals surface area contributed by atoms with Crippen LogP contribution in [-0.2, 0) is 0 Å². The Hall–Kier alpha value is -2.62. The van der Waals surface area contributed by atoms with Crippen LogP contribution in [0.5, 0.6) is 0 Å². The molecule has 0 saturated heterocycles. The summed E-state index contributed by atoms with van der Waals surface area (Å²) in [5.74, 6) is 0. The van der Waals surface area contributed by atoms with Crippen LogP contribution in [0.15, 0.2) is 41.7 Å². The maximum absolute atomic E-state index is 12.2. The zero-order chi connectivity index (χ0) is 13.4. The number of hydrogen-bond donors (Lipinski definition) is 1. The predicted octanol–water partition coefficient (Wildman–Crippen LogP) is 0.943. The molecular weight excluding hydrogens is 238 g/mol. The molecule has 0 aliphatic rings. The Morgan fingerprint density at radius 2 is 2.16 bits per heavy atom. The van der Waals surface area contributed by atoms with Crippen molar-refractivity contribution in [2.75, 3.05) is 0 Å². The van der Waals surface area contributed by atoms with Gasteiger partial charge in [0.15, 0.2) is 5.65 Å². The summed E-state index contributed by atoms with van der Waals surface area (Å²) in [5.41, 5.74) is 2.08. The van der Waals surface area contributed by atoms with Crippen molar-refractivity contribution in [3.05, 3.63) is 58.0 Å². The second-order valence-electron chi connectivity index (χ2n) is 4.21. The lowest BCUT2D eigenvalue weighted by molar-refractivity contribution is 0.988. The van der Waals surface area contributed by atoms with Gasteiger partial charge in [0.1, 0.15) is 0 Å². The van der Waals surface area contributed by atoms with E-state index < -0.39 is 0 Å². The Kier molecular flexibility index (Phi) is 2.56. The molecule has 0 aliphatic carbocycles. The van der Waals surface area contributed by atoms with Gasteiger partial charge in [0.25, 0.3) is 0 Å². The number of aromatic amines is 1. The monoisotopic (exact) mass is 251 g/mol. The summed E-state index contributed by atoms with van der Waals surface area (Å²) in [6, 6.07) is 7.59. The third-order valence-corrected chi connectivity index (χ3v) is 3.11. The number of nitrogens with one attached hydrogen (secondary N) is 1. The molecule has 0 saturated carbocycles. The fourth-order valence-corrected chi connectivity index (χ4v) is 2.28. The summed E-state index contributed by atoms with van der Waals surface area (Å²) in [6.07, 6.45) is 5.41. The van der Waals surface area contributed by atoms with Crippen molar-refractivity contribution < 1.29 is 0 Å². The molecule has 1 aromatic carbocycles. The van der Waals surface area contributed by atoms with Gasteiger partial charge in [-0.15, -0.1) is 0 Å². The van der Waals surface area contributed by atoms with Gasteiger partial charge in [0, 0.05) is 10.6 Å². The molecule has 2 heterocycles. The van der Waals surface area contributed by atoms with E-state index in [1.165, 1.54) is 0 Å². The summed E-state index contributed by atoms with van der Waals surface area (Å²) in [7, 11) is 0. The van der Waals surface area contributed by atoms with Crippen molar-refractivity contribution in [3.63, 3.8) is 0 Å². The lowest BCUT2D eigenvalue weighted by Gasteiger charge is -1.96. The molecule has 0 aliphatic heterocycles. The molecule has 94 valence electrons. The number of rotatable bonds is 1. The van der Waals surface area contributed by atoms with Crippen molar-refractivity contribution in [2.45, 2.75) is 6.92 Å². The number of fused-ring (bicyclic) bond motifs is 3. The van der Waals surface area contributed by atoms with E-state index in [0.717, 1.165) is 21.6 Å². The van der Waals surface area contributed by atoms with Gasteiger partial charge in [-0.2, -0.15) is 0 Å². The van der Waals surface area contributed by atoms with Crippen LogP contribution in [0, 0.1) is 0 Å². The fourth-order valence-electron chi connectivity index (χ4n) is 2.28. The van der Waals surface area contributed by atoms with E-state index in [1.807, 2.05) is 43.3 Å². The normalized spacial score (nSPS) is 13.5. The number of hydrogen-bond acceptors (Lipinski definition) is 2. The molecule has 0 atom stereocenters. The van der Waals surface area contributed by atoms with Gasteiger partial charge in [-0.1, -0.05) is 30.9 Å². The maximum Gasteiger partial charge on any atom is 0.332 e. The van der Waals surface area contributed by atoms with Gasteiger partial charge in [0.2, 0.25) is 0 Å². The lowest BCUT2D eigenvalue weighted by atomic mass is 10.3. The topological polar surface area (TPSA) is 50.2 Å². The van der Waals surface area contributed by atoms with Gasteiger partial charge in [-0.05, 0) is 25.1 Å². The maximum atomic E-state index is 12.2. The van der Waals surface area contributed by atoms with Crippen LogP contribution >= 0.6 is 0 Å².